The van der Waals surface area contributed by atoms with Crippen LogP contribution in [0, 0.1) is 5.92 Å². The Morgan fingerprint density at radius 3 is 2.82 bits per heavy atom. The molecule has 0 amide bonds. The van der Waals surface area contributed by atoms with Crippen molar-refractivity contribution < 1.29 is 9.53 Å². The third-order valence-electron chi connectivity index (χ3n) is 3.44. The van der Waals surface area contributed by atoms with Crippen LogP contribution in [0.5, 0.6) is 5.75 Å². The minimum absolute atomic E-state index is 0.682. The zero-order chi connectivity index (χ0) is 12.1. The van der Waals surface area contributed by atoms with Gasteiger partial charge >= 0.3 is 0 Å². The van der Waals surface area contributed by atoms with Gasteiger partial charge in [0.25, 0.3) is 0 Å². The summed E-state index contributed by atoms with van der Waals surface area (Å²) in [6, 6.07) is 5.68. The van der Waals surface area contributed by atoms with E-state index < -0.39 is 0 Å². The summed E-state index contributed by atoms with van der Waals surface area (Å²) in [5.74, 6) is 1.52. The summed E-state index contributed by atoms with van der Waals surface area (Å²) < 4.78 is 5.22. The second-order valence-corrected chi connectivity index (χ2v) is 4.58. The number of carbonyl (C=O) groups excluding carboxylic acids is 1. The van der Waals surface area contributed by atoms with Crippen LogP contribution in [0.4, 0.5) is 0 Å². The van der Waals surface area contributed by atoms with Gasteiger partial charge in [0, 0.05) is 5.56 Å². The highest BCUT2D eigenvalue weighted by Gasteiger charge is 2.15. The lowest BCUT2D eigenvalue weighted by Gasteiger charge is -2.23. The topological polar surface area (TPSA) is 38.3 Å². The molecule has 0 atom stereocenters. The average molecular weight is 233 g/mol. The molecule has 1 aliphatic rings. The summed E-state index contributed by atoms with van der Waals surface area (Å²) in [5.41, 5.74) is 1.91. The summed E-state index contributed by atoms with van der Waals surface area (Å²) in [7, 11) is 1.66. The predicted octanol–water partition coefficient (Wildman–Crippen LogP) is 2.05. The smallest absolute Gasteiger partial charge is 0.150 e. The maximum atomic E-state index is 11.0. The quantitative estimate of drug-likeness (QED) is 0.809. The highest BCUT2D eigenvalue weighted by atomic mass is 16.5. The summed E-state index contributed by atoms with van der Waals surface area (Å²) in [4.78, 5) is 11.0. The van der Waals surface area contributed by atoms with Crippen molar-refractivity contribution in [1.29, 1.82) is 0 Å². The molecule has 0 bridgehead atoms. The number of rotatable bonds is 4. The van der Waals surface area contributed by atoms with Crippen LogP contribution in [0.2, 0.25) is 0 Å². The van der Waals surface area contributed by atoms with Gasteiger partial charge in [0.05, 0.1) is 7.11 Å². The molecule has 0 spiro atoms. The van der Waals surface area contributed by atoms with Crippen LogP contribution < -0.4 is 10.1 Å². The van der Waals surface area contributed by atoms with Gasteiger partial charge < -0.3 is 10.1 Å². The van der Waals surface area contributed by atoms with Crippen LogP contribution in [0.25, 0.3) is 0 Å². The normalized spacial score (nSPS) is 16.8. The zero-order valence-electron chi connectivity index (χ0n) is 10.2. The minimum atomic E-state index is 0.682. The van der Waals surface area contributed by atoms with E-state index in [0.717, 1.165) is 42.7 Å². The van der Waals surface area contributed by atoms with E-state index in [1.165, 1.54) is 12.8 Å². The molecule has 0 aromatic heterocycles. The molecular formula is C14H19NO2. The number of benzene rings is 1. The summed E-state index contributed by atoms with van der Waals surface area (Å²) in [6.45, 7) is 2.18. The number of ether oxygens (including phenoxy) is 1. The van der Waals surface area contributed by atoms with E-state index in [0.29, 0.717) is 5.92 Å². The van der Waals surface area contributed by atoms with Gasteiger partial charge in [-0.2, -0.15) is 0 Å². The van der Waals surface area contributed by atoms with E-state index in [1.807, 2.05) is 18.2 Å². The fourth-order valence-corrected chi connectivity index (χ4v) is 2.40. The Balaban J connectivity index is 2.14. The number of carbonyl (C=O) groups is 1. The first kappa shape index (κ1) is 12.1. The third kappa shape index (κ3) is 3.07. The number of hydrogen-bond acceptors (Lipinski definition) is 3. The van der Waals surface area contributed by atoms with Crippen molar-refractivity contribution >= 4 is 6.29 Å². The lowest BCUT2D eigenvalue weighted by Crippen LogP contribution is -2.28. The molecule has 2 rings (SSSR count). The Hall–Kier alpha value is -1.35. The first-order valence-electron chi connectivity index (χ1n) is 6.16. The molecule has 3 heteroatoms. The summed E-state index contributed by atoms with van der Waals surface area (Å²) in [6.07, 6.45) is 4.30. The van der Waals surface area contributed by atoms with Gasteiger partial charge in [0.1, 0.15) is 12.0 Å². The van der Waals surface area contributed by atoms with Crippen molar-refractivity contribution in [2.24, 2.45) is 5.92 Å². The molecule has 0 radical (unpaired) electrons. The Morgan fingerprint density at radius 2 is 2.18 bits per heavy atom. The number of methoxy groups -OCH3 is 1. The molecule has 0 unspecified atom stereocenters. The molecule has 0 saturated carbocycles. The van der Waals surface area contributed by atoms with Gasteiger partial charge in [-0.15, -0.1) is 0 Å². The number of hydrogen-bond donors (Lipinski definition) is 1. The average Bonchev–Trinajstić information content (AvgIpc) is 2.40. The highest BCUT2D eigenvalue weighted by Crippen LogP contribution is 2.23. The molecule has 17 heavy (non-hydrogen) atoms. The Bertz CT molecular complexity index is 384. The van der Waals surface area contributed by atoms with E-state index in [-0.39, 0.29) is 0 Å². The number of piperidine rings is 1. The van der Waals surface area contributed by atoms with Crippen molar-refractivity contribution in [2.75, 3.05) is 20.2 Å². The Morgan fingerprint density at radius 1 is 1.41 bits per heavy atom. The zero-order valence-corrected chi connectivity index (χ0v) is 10.2. The van der Waals surface area contributed by atoms with Gasteiger partial charge in [-0.25, -0.2) is 0 Å². The van der Waals surface area contributed by atoms with E-state index >= 15 is 0 Å². The van der Waals surface area contributed by atoms with Gasteiger partial charge in [0.15, 0.2) is 0 Å². The lowest BCUT2D eigenvalue weighted by atomic mass is 9.89. The SMILES string of the molecule is COc1ccc(C=O)c(CC2CCNCC2)c1. The summed E-state index contributed by atoms with van der Waals surface area (Å²) >= 11 is 0. The van der Waals surface area contributed by atoms with Crippen LogP contribution in [-0.4, -0.2) is 26.5 Å². The van der Waals surface area contributed by atoms with Gasteiger partial charge in [-0.1, -0.05) is 0 Å². The Kier molecular flexibility index (Phi) is 4.15. The first-order chi connectivity index (χ1) is 8.33. The molecule has 1 heterocycles. The van der Waals surface area contributed by atoms with Crippen molar-refractivity contribution in [3.05, 3.63) is 29.3 Å². The molecule has 1 fully saturated rings. The van der Waals surface area contributed by atoms with E-state index in [4.69, 9.17) is 4.74 Å². The molecule has 1 saturated heterocycles. The molecule has 3 nitrogen and oxygen atoms in total. The van der Waals surface area contributed by atoms with Crippen LogP contribution in [0.15, 0.2) is 18.2 Å². The Labute approximate surface area is 102 Å². The van der Waals surface area contributed by atoms with Crippen LogP contribution in [0.3, 0.4) is 0 Å². The number of aldehydes is 1. The van der Waals surface area contributed by atoms with Gasteiger partial charge in [-0.05, 0) is 62.0 Å². The van der Waals surface area contributed by atoms with Crippen LogP contribution >= 0.6 is 0 Å². The highest BCUT2D eigenvalue weighted by molar-refractivity contribution is 5.77. The van der Waals surface area contributed by atoms with Crippen LogP contribution in [0.1, 0.15) is 28.8 Å². The van der Waals surface area contributed by atoms with E-state index in [2.05, 4.69) is 5.32 Å². The van der Waals surface area contributed by atoms with Gasteiger partial charge in [0.2, 0.25) is 0 Å². The third-order valence-corrected chi connectivity index (χ3v) is 3.44. The standard InChI is InChI=1S/C14H19NO2/c1-17-14-3-2-12(10-16)13(9-14)8-11-4-6-15-7-5-11/h2-3,9-11,15H,4-8H2,1H3. The largest absolute Gasteiger partial charge is 0.497 e. The van der Waals surface area contributed by atoms with Gasteiger partial charge in [-0.3, -0.25) is 4.79 Å². The second kappa shape index (κ2) is 5.82. The van der Waals surface area contributed by atoms with E-state index in [9.17, 15) is 4.79 Å². The maximum Gasteiger partial charge on any atom is 0.150 e. The van der Waals surface area contributed by atoms with Crippen molar-refractivity contribution in [3.8, 4) is 5.75 Å². The maximum absolute atomic E-state index is 11.0. The molecule has 0 aliphatic carbocycles. The van der Waals surface area contributed by atoms with E-state index in [1.54, 1.807) is 7.11 Å². The predicted molar refractivity (Wildman–Crippen MR) is 67.7 cm³/mol. The monoisotopic (exact) mass is 233 g/mol. The molecule has 1 aliphatic heterocycles. The van der Waals surface area contributed by atoms with Crippen LogP contribution in [-0.2, 0) is 6.42 Å². The molecule has 1 N–H and O–H groups in total. The van der Waals surface area contributed by atoms with Crippen molar-refractivity contribution in [1.82, 2.24) is 5.32 Å². The second-order valence-electron chi connectivity index (χ2n) is 4.58. The van der Waals surface area contributed by atoms with Crippen molar-refractivity contribution in [3.63, 3.8) is 0 Å². The number of nitrogens with one attached hydrogen (secondary N) is 1. The van der Waals surface area contributed by atoms with Crippen molar-refractivity contribution in [2.45, 2.75) is 19.3 Å². The fourth-order valence-electron chi connectivity index (χ4n) is 2.40. The first-order valence-corrected chi connectivity index (χ1v) is 6.16. The minimum Gasteiger partial charge on any atom is -0.497 e. The fraction of sp³-hybridized carbons (Fsp3) is 0.500. The molecule has 1 aromatic rings. The molecule has 1 aromatic carbocycles. The lowest BCUT2D eigenvalue weighted by molar-refractivity contribution is 0.112. The molecule has 92 valence electrons. The summed E-state index contributed by atoms with van der Waals surface area (Å²) in [5, 5.41) is 3.36. The molecular weight excluding hydrogens is 214 g/mol.